The van der Waals surface area contributed by atoms with Gasteiger partial charge in [-0.2, -0.15) is 0 Å². The van der Waals surface area contributed by atoms with Crippen LogP contribution in [0.2, 0.25) is 0 Å². The normalized spacial score (nSPS) is 14.0. The summed E-state index contributed by atoms with van der Waals surface area (Å²) in [7, 11) is 0. The second-order valence-electron chi connectivity index (χ2n) is 8.44. The number of amides is 1. The van der Waals surface area contributed by atoms with E-state index >= 15 is 0 Å². The SMILES string of the molecule is CCC(=O)C(CC(=O)C(CC(C)C)C(CSc1cccs1)C(=O)NO)Cc1ccccc1. The summed E-state index contributed by atoms with van der Waals surface area (Å²) in [5.41, 5.74) is 2.78. The van der Waals surface area contributed by atoms with Crippen LogP contribution < -0.4 is 5.48 Å². The van der Waals surface area contributed by atoms with Gasteiger partial charge in [-0.25, -0.2) is 5.48 Å². The summed E-state index contributed by atoms with van der Waals surface area (Å²) in [6.45, 7) is 5.84. The molecule has 1 aromatic heterocycles. The van der Waals surface area contributed by atoms with E-state index in [1.54, 1.807) is 16.8 Å². The minimum atomic E-state index is -0.670. The Balaban J connectivity index is 2.23. The zero-order chi connectivity index (χ0) is 23.5. The van der Waals surface area contributed by atoms with Gasteiger partial charge in [0, 0.05) is 30.4 Å². The molecule has 5 nitrogen and oxygen atoms in total. The second-order valence-corrected chi connectivity index (χ2v) is 10.7. The number of hydroxylamine groups is 1. The quantitative estimate of drug-likeness (QED) is 0.216. The van der Waals surface area contributed by atoms with E-state index in [2.05, 4.69) is 0 Å². The predicted molar refractivity (Wildman–Crippen MR) is 130 cm³/mol. The molecule has 2 rings (SSSR count). The van der Waals surface area contributed by atoms with Gasteiger partial charge < -0.3 is 0 Å². The molecule has 0 saturated heterocycles. The van der Waals surface area contributed by atoms with Crippen molar-refractivity contribution < 1.29 is 19.6 Å². The van der Waals surface area contributed by atoms with Gasteiger partial charge in [0.1, 0.15) is 11.6 Å². The number of thioether (sulfide) groups is 1. The van der Waals surface area contributed by atoms with Crippen LogP contribution in [0.3, 0.4) is 0 Å². The van der Waals surface area contributed by atoms with Crippen LogP contribution in [0.1, 0.15) is 45.6 Å². The molecule has 0 saturated carbocycles. The predicted octanol–water partition coefficient (Wildman–Crippen LogP) is 5.42. The largest absolute Gasteiger partial charge is 0.299 e. The topological polar surface area (TPSA) is 83.5 Å². The minimum absolute atomic E-state index is 0.0571. The van der Waals surface area contributed by atoms with E-state index in [1.807, 2.05) is 68.6 Å². The van der Waals surface area contributed by atoms with Crippen LogP contribution in [-0.2, 0) is 20.8 Å². The Hall–Kier alpha value is -1.96. The fourth-order valence-corrected chi connectivity index (χ4v) is 5.88. The first-order chi connectivity index (χ1) is 15.3. The van der Waals surface area contributed by atoms with Crippen LogP contribution in [0.4, 0.5) is 0 Å². The zero-order valence-corrected chi connectivity index (χ0v) is 20.6. The summed E-state index contributed by atoms with van der Waals surface area (Å²) in [6, 6.07) is 13.6. The van der Waals surface area contributed by atoms with Gasteiger partial charge in [0.15, 0.2) is 0 Å². The number of rotatable bonds is 14. The standard InChI is InChI=1S/C25H33NO4S2/c1-4-22(27)19(14-18-9-6-5-7-10-18)15-23(28)20(13-17(2)3)21(25(29)26-30)16-32-24-11-8-12-31-24/h5-12,17,19-21,30H,4,13-16H2,1-3H3,(H,26,29). The Bertz CT molecular complexity index is 852. The molecule has 0 aliphatic carbocycles. The minimum Gasteiger partial charge on any atom is -0.299 e. The molecule has 7 heteroatoms. The van der Waals surface area contributed by atoms with E-state index < -0.39 is 23.7 Å². The van der Waals surface area contributed by atoms with Gasteiger partial charge in [0.25, 0.3) is 0 Å². The van der Waals surface area contributed by atoms with Crippen molar-refractivity contribution in [3.63, 3.8) is 0 Å². The lowest BCUT2D eigenvalue weighted by atomic mass is 9.78. The molecule has 0 aliphatic heterocycles. The highest BCUT2D eigenvalue weighted by atomic mass is 32.2. The van der Waals surface area contributed by atoms with Crippen molar-refractivity contribution >= 4 is 40.6 Å². The lowest BCUT2D eigenvalue weighted by molar-refractivity contribution is -0.139. The molecule has 174 valence electrons. The van der Waals surface area contributed by atoms with Gasteiger partial charge in [-0.05, 0) is 35.8 Å². The monoisotopic (exact) mass is 475 g/mol. The molecule has 1 amide bonds. The Morgan fingerprint density at radius 1 is 1.03 bits per heavy atom. The summed E-state index contributed by atoms with van der Waals surface area (Å²) in [6.07, 6.45) is 1.51. The van der Waals surface area contributed by atoms with Crippen molar-refractivity contribution in [1.82, 2.24) is 5.48 Å². The number of hydrogen-bond donors (Lipinski definition) is 2. The van der Waals surface area contributed by atoms with Gasteiger partial charge in [0.2, 0.25) is 5.91 Å². The van der Waals surface area contributed by atoms with Crippen LogP contribution in [0.25, 0.3) is 0 Å². The summed E-state index contributed by atoms with van der Waals surface area (Å²) < 4.78 is 1.06. The van der Waals surface area contributed by atoms with E-state index in [0.29, 0.717) is 25.0 Å². The maximum atomic E-state index is 13.5. The van der Waals surface area contributed by atoms with Gasteiger partial charge >= 0.3 is 0 Å². The fraction of sp³-hybridized carbons (Fsp3) is 0.480. The molecule has 1 aromatic carbocycles. The second kappa shape index (κ2) is 13.6. The highest BCUT2D eigenvalue weighted by Gasteiger charge is 2.36. The number of carbonyl (C=O) groups excluding carboxylic acids is 3. The number of ketones is 2. The van der Waals surface area contributed by atoms with Crippen molar-refractivity contribution in [2.75, 3.05) is 5.75 Å². The first-order valence-electron chi connectivity index (χ1n) is 11.0. The molecule has 0 bridgehead atoms. The van der Waals surface area contributed by atoms with Gasteiger partial charge in [-0.3, -0.25) is 19.6 Å². The fourth-order valence-electron chi connectivity index (χ4n) is 3.88. The van der Waals surface area contributed by atoms with Crippen molar-refractivity contribution in [2.45, 2.75) is 50.7 Å². The van der Waals surface area contributed by atoms with Crippen LogP contribution in [-0.4, -0.2) is 28.4 Å². The molecule has 3 unspecified atom stereocenters. The lowest BCUT2D eigenvalue weighted by Gasteiger charge is -2.27. The number of carbonyl (C=O) groups is 3. The van der Waals surface area contributed by atoms with E-state index in [0.717, 1.165) is 9.77 Å². The summed E-state index contributed by atoms with van der Waals surface area (Å²) in [5, 5.41) is 11.3. The van der Waals surface area contributed by atoms with Crippen LogP contribution in [0, 0.1) is 23.7 Å². The number of benzene rings is 1. The maximum Gasteiger partial charge on any atom is 0.248 e. The van der Waals surface area contributed by atoms with Gasteiger partial charge in [0.05, 0.1) is 10.1 Å². The third kappa shape index (κ3) is 8.19. The third-order valence-corrected chi connectivity index (χ3v) is 7.80. The van der Waals surface area contributed by atoms with Crippen LogP contribution in [0.5, 0.6) is 0 Å². The Labute approximate surface area is 199 Å². The Morgan fingerprint density at radius 3 is 2.31 bits per heavy atom. The molecular formula is C25H33NO4S2. The van der Waals surface area contributed by atoms with Crippen LogP contribution >= 0.6 is 23.1 Å². The first kappa shape index (κ1) is 26.3. The molecule has 3 atom stereocenters. The number of thiophene rings is 1. The lowest BCUT2D eigenvalue weighted by Crippen LogP contribution is -2.39. The van der Waals surface area contributed by atoms with Crippen molar-refractivity contribution in [3.05, 3.63) is 53.4 Å². The number of Topliss-reactive ketones (excluding diaryl/α,β-unsaturated/α-hetero) is 2. The maximum absolute atomic E-state index is 13.5. The molecule has 2 aromatic rings. The summed E-state index contributed by atoms with van der Waals surface area (Å²) >= 11 is 3.09. The Kier molecular flexibility index (Phi) is 11.1. The molecule has 0 spiro atoms. The van der Waals surface area contributed by atoms with Crippen molar-refractivity contribution in [2.24, 2.45) is 23.7 Å². The molecule has 32 heavy (non-hydrogen) atoms. The first-order valence-corrected chi connectivity index (χ1v) is 12.9. The van der Waals surface area contributed by atoms with E-state index in [1.165, 1.54) is 11.8 Å². The molecule has 0 fully saturated rings. The van der Waals surface area contributed by atoms with E-state index in [9.17, 15) is 19.6 Å². The number of nitrogens with one attached hydrogen (secondary N) is 1. The molecule has 0 radical (unpaired) electrons. The summed E-state index contributed by atoms with van der Waals surface area (Å²) in [5.74, 6) is -1.63. The average Bonchev–Trinajstić information content (AvgIpc) is 3.31. The van der Waals surface area contributed by atoms with Gasteiger partial charge in [-0.15, -0.1) is 23.1 Å². The van der Waals surface area contributed by atoms with E-state index in [4.69, 9.17) is 0 Å². The summed E-state index contributed by atoms with van der Waals surface area (Å²) in [4.78, 5) is 38.7. The molecule has 0 aliphatic rings. The van der Waals surface area contributed by atoms with Gasteiger partial charge in [-0.1, -0.05) is 57.2 Å². The third-order valence-electron chi connectivity index (χ3n) is 5.55. The zero-order valence-electron chi connectivity index (χ0n) is 19.0. The Morgan fingerprint density at radius 2 is 1.75 bits per heavy atom. The smallest absolute Gasteiger partial charge is 0.248 e. The molecular weight excluding hydrogens is 442 g/mol. The van der Waals surface area contributed by atoms with E-state index in [-0.39, 0.29) is 23.9 Å². The van der Waals surface area contributed by atoms with Crippen molar-refractivity contribution in [3.8, 4) is 0 Å². The van der Waals surface area contributed by atoms with Crippen molar-refractivity contribution in [1.29, 1.82) is 0 Å². The number of hydrogen-bond acceptors (Lipinski definition) is 6. The van der Waals surface area contributed by atoms with Crippen LogP contribution in [0.15, 0.2) is 52.1 Å². The highest BCUT2D eigenvalue weighted by Crippen LogP contribution is 2.32. The molecule has 2 N–H and O–H groups in total. The molecule has 1 heterocycles. The average molecular weight is 476 g/mol. The highest BCUT2D eigenvalue weighted by molar-refractivity contribution is 8.01.